The van der Waals surface area contributed by atoms with E-state index in [1.165, 1.54) is 4.90 Å². The minimum atomic E-state index is -0.272. The van der Waals surface area contributed by atoms with E-state index in [2.05, 4.69) is 34.6 Å². The molecule has 10 nitrogen and oxygen atoms in total. The van der Waals surface area contributed by atoms with Gasteiger partial charge in [0.2, 0.25) is 5.91 Å². The summed E-state index contributed by atoms with van der Waals surface area (Å²) in [7, 11) is 3.40. The lowest BCUT2D eigenvalue weighted by Crippen LogP contribution is -2.50. The predicted octanol–water partition coefficient (Wildman–Crippen LogP) is 2.16. The van der Waals surface area contributed by atoms with E-state index in [0.29, 0.717) is 38.0 Å². The molecule has 0 spiro atoms. The molecule has 11 heteroatoms. The van der Waals surface area contributed by atoms with Crippen molar-refractivity contribution in [1.29, 1.82) is 0 Å². The van der Waals surface area contributed by atoms with Gasteiger partial charge in [0.05, 0.1) is 18.8 Å². The van der Waals surface area contributed by atoms with Gasteiger partial charge in [-0.1, -0.05) is 19.0 Å². The first-order valence-electron chi connectivity index (χ1n) is 10.4. The Balaban J connectivity index is 0.00000480. The maximum Gasteiger partial charge on any atom is 0.409 e. The van der Waals surface area contributed by atoms with Crippen molar-refractivity contribution in [3.8, 4) is 0 Å². The number of aliphatic imine (C=N–C) groups is 1. The Morgan fingerprint density at radius 3 is 2.58 bits per heavy atom. The molecule has 1 aromatic rings. The van der Waals surface area contributed by atoms with E-state index in [-0.39, 0.29) is 54.5 Å². The van der Waals surface area contributed by atoms with Gasteiger partial charge in [-0.3, -0.25) is 4.79 Å². The smallest absolute Gasteiger partial charge is 0.409 e. The van der Waals surface area contributed by atoms with Crippen molar-refractivity contribution < 1.29 is 18.8 Å². The molecule has 0 atom stereocenters. The Hall–Kier alpha value is -2.05. The highest BCUT2D eigenvalue weighted by atomic mass is 127. The highest BCUT2D eigenvalue weighted by molar-refractivity contribution is 14.0. The van der Waals surface area contributed by atoms with Crippen LogP contribution in [0.4, 0.5) is 4.79 Å². The zero-order valence-corrected chi connectivity index (χ0v) is 21.3. The Kier molecular flexibility index (Phi) is 11.6. The number of ether oxygens (including phenoxy) is 1. The molecule has 0 bridgehead atoms. The average Bonchev–Trinajstić information content (AvgIpc) is 3.19. The maximum absolute atomic E-state index is 11.9. The number of hydrogen-bond acceptors (Lipinski definition) is 6. The van der Waals surface area contributed by atoms with Crippen molar-refractivity contribution in [1.82, 2.24) is 25.6 Å². The molecule has 2 amide bonds. The third-order valence-electron chi connectivity index (χ3n) is 4.83. The molecule has 0 aromatic carbocycles. The number of halogens is 1. The van der Waals surface area contributed by atoms with Gasteiger partial charge >= 0.3 is 6.09 Å². The van der Waals surface area contributed by atoms with Crippen LogP contribution in [0.25, 0.3) is 0 Å². The number of rotatable bonds is 7. The van der Waals surface area contributed by atoms with Gasteiger partial charge in [-0.05, 0) is 25.7 Å². The predicted molar refractivity (Wildman–Crippen MR) is 129 cm³/mol. The lowest BCUT2D eigenvalue weighted by Gasteiger charge is -2.32. The summed E-state index contributed by atoms with van der Waals surface area (Å²) in [4.78, 5) is 31.4. The number of nitrogens with one attached hydrogen (secondary N) is 2. The average molecular weight is 550 g/mol. The van der Waals surface area contributed by atoms with Crippen LogP contribution in [0, 0.1) is 0 Å². The zero-order valence-electron chi connectivity index (χ0n) is 19.0. The number of carbonyl (C=O) groups excluding carboxylic acids is 2. The quantitative estimate of drug-likeness (QED) is 0.304. The first-order valence-corrected chi connectivity index (χ1v) is 10.4. The molecule has 0 saturated carbocycles. The second kappa shape index (κ2) is 13.4. The fourth-order valence-corrected chi connectivity index (χ4v) is 2.91. The normalized spacial score (nSPS) is 14.8. The van der Waals surface area contributed by atoms with Gasteiger partial charge < -0.3 is 29.7 Å². The molecule has 1 fully saturated rings. The summed E-state index contributed by atoms with van der Waals surface area (Å²) in [5.41, 5.74) is 0.896. The van der Waals surface area contributed by atoms with Gasteiger partial charge in [-0.2, -0.15) is 0 Å². The number of aromatic nitrogens is 1. The lowest BCUT2D eigenvalue weighted by atomic mass is 10.1. The Morgan fingerprint density at radius 1 is 1.35 bits per heavy atom. The number of amides is 2. The summed E-state index contributed by atoms with van der Waals surface area (Å²) in [5, 5.41) is 10.6. The summed E-state index contributed by atoms with van der Waals surface area (Å²) >= 11 is 0. The van der Waals surface area contributed by atoms with Crippen LogP contribution in [0.1, 0.15) is 51.0 Å². The zero-order chi connectivity index (χ0) is 22.1. The van der Waals surface area contributed by atoms with Crippen LogP contribution >= 0.6 is 24.0 Å². The highest BCUT2D eigenvalue weighted by Gasteiger charge is 2.24. The van der Waals surface area contributed by atoms with Gasteiger partial charge in [-0.15, -0.1) is 24.0 Å². The van der Waals surface area contributed by atoms with Crippen LogP contribution < -0.4 is 10.6 Å². The molecule has 1 aromatic heterocycles. The molecular weight excluding hydrogens is 515 g/mol. The Labute approximate surface area is 201 Å². The monoisotopic (exact) mass is 550 g/mol. The first kappa shape index (κ1) is 27.0. The second-order valence-corrected chi connectivity index (χ2v) is 7.78. The lowest BCUT2D eigenvalue weighted by molar-refractivity contribution is -0.127. The van der Waals surface area contributed by atoms with E-state index >= 15 is 0 Å². The number of likely N-dealkylation sites (tertiary alicyclic amines) is 1. The number of piperidine rings is 1. The Bertz CT molecular complexity index is 729. The van der Waals surface area contributed by atoms with E-state index in [0.717, 1.165) is 18.5 Å². The van der Waals surface area contributed by atoms with Crippen LogP contribution in [0.5, 0.6) is 0 Å². The number of nitrogens with zero attached hydrogens (tertiary/aromatic N) is 4. The largest absolute Gasteiger partial charge is 0.450 e. The van der Waals surface area contributed by atoms with Crippen LogP contribution in [0.3, 0.4) is 0 Å². The Morgan fingerprint density at radius 2 is 2.03 bits per heavy atom. The van der Waals surface area contributed by atoms with Crippen LogP contribution in [0.2, 0.25) is 0 Å². The molecule has 2 N–H and O–H groups in total. The van der Waals surface area contributed by atoms with Gasteiger partial charge in [-0.25, -0.2) is 9.79 Å². The summed E-state index contributed by atoms with van der Waals surface area (Å²) < 4.78 is 10.4. The molecule has 31 heavy (non-hydrogen) atoms. The molecule has 0 radical (unpaired) electrons. The molecule has 2 rings (SSSR count). The van der Waals surface area contributed by atoms with Crippen molar-refractivity contribution in [2.75, 3.05) is 40.3 Å². The minimum absolute atomic E-state index is 0. The molecule has 0 aliphatic carbocycles. The third kappa shape index (κ3) is 8.91. The SMILES string of the molecule is CCOC(=O)N1CCC(NC(=NCC(=O)N(C)C)NCc2cc(C(C)C)no2)CC1.I. The molecule has 0 unspecified atom stereocenters. The van der Waals surface area contributed by atoms with Crippen molar-refractivity contribution in [2.24, 2.45) is 4.99 Å². The summed E-state index contributed by atoms with van der Waals surface area (Å²) in [6.07, 6.45) is 1.26. The van der Waals surface area contributed by atoms with Crippen molar-refractivity contribution >= 4 is 41.9 Å². The molecular formula is C20H35IN6O4. The standard InChI is InChI=1S/C20H34N6O4.HI/c1-6-29-20(28)26-9-7-15(8-10-26)23-19(22-13-18(27)25(4)5)21-12-16-11-17(14(2)3)24-30-16;/h11,14-15H,6-10,12-13H2,1-5H3,(H2,21,22,23);1H. The van der Waals surface area contributed by atoms with Gasteiger partial charge in [0.25, 0.3) is 0 Å². The maximum atomic E-state index is 11.9. The molecule has 176 valence electrons. The number of hydrogen-bond donors (Lipinski definition) is 2. The van der Waals surface area contributed by atoms with Crippen LogP contribution in [-0.4, -0.2) is 79.3 Å². The van der Waals surface area contributed by atoms with Gasteiger partial charge in [0, 0.05) is 39.3 Å². The van der Waals surface area contributed by atoms with Crippen molar-refractivity contribution in [2.45, 2.75) is 52.1 Å². The van der Waals surface area contributed by atoms with E-state index < -0.39 is 0 Å². The van der Waals surface area contributed by atoms with Gasteiger partial charge in [0.1, 0.15) is 6.54 Å². The number of carbonyl (C=O) groups is 2. The van der Waals surface area contributed by atoms with E-state index in [1.807, 2.05) is 6.07 Å². The third-order valence-corrected chi connectivity index (χ3v) is 4.83. The molecule has 2 heterocycles. The van der Waals surface area contributed by atoms with Crippen molar-refractivity contribution in [3.63, 3.8) is 0 Å². The van der Waals surface area contributed by atoms with Crippen molar-refractivity contribution in [3.05, 3.63) is 17.5 Å². The van der Waals surface area contributed by atoms with E-state index in [1.54, 1.807) is 25.9 Å². The fourth-order valence-electron chi connectivity index (χ4n) is 2.91. The van der Waals surface area contributed by atoms with Crippen LogP contribution in [0.15, 0.2) is 15.6 Å². The van der Waals surface area contributed by atoms with E-state index in [9.17, 15) is 9.59 Å². The number of guanidine groups is 1. The molecule has 1 aliphatic rings. The minimum Gasteiger partial charge on any atom is -0.450 e. The second-order valence-electron chi connectivity index (χ2n) is 7.78. The number of likely N-dealkylation sites (N-methyl/N-ethyl adjacent to an activating group) is 1. The van der Waals surface area contributed by atoms with Crippen LogP contribution in [-0.2, 0) is 16.1 Å². The topological polar surface area (TPSA) is 112 Å². The van der Waals surface area contributed by atoms with Gasteiger partial charge in [0.15, 0.2) is 11.7 Å². The summed E-state index contributed by atoms with van der Waals surface area (Å²) in [6.45, 7) is 7.95. The fraction of sp³-hybridized carbons (Fsp3) is 0.700. The molecule has 1 aliphatic heterocycles. The molecule has 1 saturated heterocycles. The van der Waals surface area contributed by atoms with E-state index in [4.69, 9.17) is 9.26 Å². The summed E-state index contributed by atoms with van der Waals surface area (Å²) in [6, 6.07) is 2.05. The summed E-state index contributed by atoms with van der Waals surface area (Å²) in [5.74, 6) is 1.43. The first-order chi connectivity index (χ1) is 14.3. The highest BCUT2D eigenvalue weighted by Crippen LogP contribution is 2.14.